The van der Waals surface area contributed by atoms with E-state index in [0.717, 1.165) is 10.0 Å². The molecule has 2 aromatic rings. The first-order chi connectivity index (χ1) is 9.44. The van der Waals surface area contributed by atoms with Crippen LogP contribution < -0.4 is 10.0 Å². The van der Waals surface area contributed by atoms with Crippen LogP contribution in [0.3, 0.4) is 0 Å². The van der Waals surface area contributed by atoms with Crippen LogP contribution in [0.5, 0.6) is 0 Å². The first kappa shape index (κ1) is 14.8. The number of sulfonamides is 1. The molecule has 0 unspecified atom stereocenters. The maximum absolute atomic E-state index is 12.4. The van der Waals surface area contributed by atoms with Crippen LogP contribution in [-0.4, -0.2) is 20.4 Å². The van der Waals surface area contributed by atoms with Crippen LogP contribution in [0.2, 0.25) is 0 Å². The number of benzene rings is 1. The molecule has 0 aliphatic rings. The molecule has 0 bridgehead atoms. The second kappa shape index (κ2) is 5.80. The van der Waals surface area contributed by atoms with Crippen LogP contribution in [0.15, 0.2) is 46.0 Å². The van der Waals surface area contributed by atoms with Crippen molar-refractivity contribution in [2.24, 2.45) is 0 Å². The lowest BCUT2D eigenvalue weighted by Gasteiger charge is -2.12. The maximum atomic E-state index is 12.4. The molecule has 1 aromatic carbocycles. The lowest BCUT2D eigenvalue weighted by molar-refractivity contribution is 0.601. The van der Waals surface area contributed by atoms with Crippen molar-refractivity contribution in [3.63, 3.8) is 0 Å². The molecule has 0 radical (unpaired) electrons. The Balaban J connectivity index is 2.38. The van der Waals surface area contributed by atoms with Gasteiger partial charge in [-0.2, -0.15) is 0 Å². The van der Waals surface area contributed by atoms with Crippen LogP contribution in [0.1, 0.15) is 5.56 Å². The number of aryl methyl sites for hydroxylation is 1. The van der Waals surface area contributed by atoms with Gasteiger partial charge in [-0.3, -0.25) is 9.71 Å². The zero-order chi connectivity index (χ0) is 14.8. The van der Waals surface area contributed by atoms with Crippen LogP contribution in [0.25, 0.3) is 0 Å². The fourth-order valence-corrected chi connectivity index (χ4v) is 3.17. The van der Waals surface area contributed by atoms with E-state index in [4.69, 9.17) is 0 Å². The Morgan fingerprint density at radius 3 is 2.65 bits per heavy atom. The van der Waals surface area contributed by atoms with E-state index in [1.54, 1.807) is 31.3 Å². The number of anilines is 2. The minimum atomic E-state index is -3.68. The van der Waals surface area contributed by atoms with E-state index in [2.05, 4.69) is 31.0 Å². The zero-order valence-corrected chi connectivity index (χ0v) is 13.4. The summed E-state index contributed by atoms with van der Waals surface area (Å²) in [6.07, 6.45) is 2.86. The smallest absolute Gasteiger partial charge is 0.265 e. The molecule has 0 fully saturated rings. The largest absolute Gasteiger partial charge is 0.387 e. The molecule has 0 aliphatic heterocycles. The number of halogens is 1. The fourth-order valence-electron chi connectivity index (χ4n) is 1.72. The van der Waals surface area contributed by atoms with E-state index in [9.17, 15) is 8.42 Å². The molecule has 2 rings (SSSR count). The molecular formula is C13H14BrN3O2S. The Morgan fingerprint density at radius 2 is 2.00 bits per heavy atom. The summed E-state index contributed by atoms with van der Waals surface area (Å²) in [6, 6.07) is 6.87. The van der Waals surface area contributed by atoms with E-state index in [0.29, 0.717) is 11.4 Å². The molecule has 5 nitrogen and oxygen atoms in total. The molecule has 0 amide bonds. The summed E-state index contributed by atoms with van der Waals surface area (Å²) in [6.45, 7) is 1.89. The molecule has 0 saturated carbocycles. The number of rotatable bonds is 4. The van der Waals surface area contributed by atoms with Crippen LogP contribution >= 0.6 is 15.9 Å². The van der Waals surface area contributed by atoms with Crippen molar-refractivity contribution in [1.82, 2.24) is 4.98 Å². The Bertz CT molecular complexity index is 732. The summed E-state index contributed by atoms with van der Waals surface area (Å²) >= 11 is 3.38. The zero-order valence-electron chi connectivity index (χ0n) is 11.0. The van der Waals surface area contributed by atoms with Gasteiger partial charge in [0.25, 0.3) is 10.0 Å². The molecule has 106 valence electrons. The number of pyridine rings is 1. The first-order valence-electron chi connectivity index (χ1n) is 5.85. The Hall–Kier alpha value is -1.60. The van der Waals surface area contributed by atoms with Gasteiger partial charge in [0.15, 0.2) is 0 Å². The van der Waals surface area contributed by atoms with Gasteiger partial charge in [-0.15, -0.1) is 0 Å². The average molecular weight is 356 g/mol. The van der Waals surface area contributed by atoms with Gasteiger partial charge in [0.2, 0.25) is 0 Å². The third kappa shape index (κ3) is 3.10. The predicted octanol–water partition coefficient (Wildman–Crippen LogP) is 3.00. The molecule has 7 heteroatoms. The Morgan fingerprint density at radius 1 is 1.25 bits per heavy atom. The molecule has 0 saturated heterocycles. The minimum Gasteiger partial charge on any atom is -0.387 e. The summed E-state index contributed by atoms with van der Waals surface area (Å²) in [5.41, 5.74) is 1.96. The van der Waals surface area contributed by atoms with Crippen LogP contribution in [0.4, 0.5) is 11.4 Å². The summed E-state index contributed by atoms with van der Waals surface area (Å²) in [5.74, 6) is 0. The van der Waals surface area contributed by atoms with Gasteiger partial charge >= 0.3 is 0 Å². The minimum absolute atomic E-state index is 0.114. The molecule has 0 aliphatic carbocycles. The molecular weight excluding hydrogens is 342 g/mol. The number of hydrogen-bond donors (Lipinski definition) is 2. The molecule has 0 atom stereocenters. The number of hydrogen-bond acceptors (Lipinski definition) is 4. The molecule has 1 aromatic heterocycles. The number of aromatic nitrogens is 1. The van der Waals surface area contributed by atoms with Crippen molar-refractivity contribution < 1.29 is 8.42 Å². The van der Waals surface area contributed by atoms with Gasteiger partial charge in [-0.1, -0.05) is 15.9 Å². The first-order valence-corrected chi connectivity index (χ1v) is 8.12. The fraction of sp³-hybridized carbons (Fsp3) is 0.154. The lowest BCUT2D eigenvalue weighted by atomic mass is 10.2. The van der Waals surface area contributed by atoms with Crippen molar-refractivity contribution >= 4 is 37.3 Å². The van der Waals surface area contributed by atoms with Crippen LogP contribution in [0, 0.1) is 6.92 Å². The van der Waals surface area contributed by atoms with E-state index >= 15 is 0 Å². The van der Waals surface area contributed by atoms with Gasteiger partial charge in [0, 0.05) is 29.6 Å². The van der Waals surface area contributed by atoms with Gasteiger partial charge in [-0.25, -0.2) is 8.42 Å². The Labute approximate surface area is 126 Å². The van der Waals surface area contributed by atoms with Crippen molar-refractivity contribution in [2.75, 3.05) is 17.1 Å². The van der Waals surface area contributed by atoms with Crippen molar-refractivity contribution in [1.29, 1.82) is 0 Å². The number of nitrogens with one attached hydrogen (secondary N) is 2. The van der Waals surface area contributed by atoms with Gasteiger partial charge in [-0.05, 0) is 36.8 Å². The quantitative estimate of drug-likeness (QED) is 0.884. The van der Waals surface area contributed by atoms with Crippen molar-refractivity contribution in [3.05, 3.63) is 46.7 Å². The molecule has 20 heavy (non-hydrogen) atoms. The van der Waals surface area contributed by atoms with Gasteiger partial charge in [0.05, 0.1) is 5.69 Å². The lowest BCUT2D eigenvalue weighted by Crippen LogP contribution is -2.15. The standard InChI is InChI=1S/C13H14BrN3O2S/c1-9-7-10(3-4-11(9)14)17-20(18,19)13-8-16-6-5-12(13)15-2/h3-8,17H,1-2H3,(H,15,16). The maximum Gasteiger partial charge on any atom is 0.265 e. The average Bonchev–Trinajstić information content (AvgIpc) is 2.42. The summed E-state index contributed by atoms with van der Waals surface area (Å²) in [4.78, 5) is 3.98. The van der Waals surface area contributed by atoms with Crippen molar-refractivity contribution in [2.45, 2.75) is 11.8 Å². The van der Waals surface area contributed by atoms with Crippen molar-refractivity contribution in [3.8, 4) is 0 Å². The highest BCUT2D eigenvalue weighted by Gasteiger charge is 2.18. The van der Waals surface area contributed by atoms with Gasteiger partial charge in [0.1, 0.15) is 4.90 Å². The second-order valence-corrected chi connectivity index (χ2v) is 6.70. The van der Waals surface area contributed by atoms with Crippen LogP contribution in [-0.2, 0) is 10.0 Å². The normalized spacial score (nSPS) is 11.2. The highest BCUT2D eigenvalue weighted by molar-refractivity contribution is 9.10. The SMILES string of the molecule is CNc1ccncc1S(=O)(=O)Nc1ccc(Br)c(C)c1. The Kier molecular flexibility index (Phi) is 4.29. The predicted molar refractivity (Wildman–Crippen MR) is 83.5 cm³/mol. The molecule has 0 spiro atoms. The molecule has 1 heterocycles. The highest BCUT2D eigenvalue weighted by atomic mass is 79.9. The topological polar surface area (TPSA) is 71.1 Å². The van der Waals surface area contributed by atoms with Gasteiger partial charge < -0.3 is 5.32 Å². The van der Waals surface area contributed by atoms with E-state index in [-0.39, 0.29) is 4.90 Å². The highest BCUT2D eigenvalue weighted by Crippen LogP contribution is 2.25. The van der Waals surface area contributed by atoms with E-state index in [1.807, 2.05) is 6.92 Å². The summed E-state index contributed by atoms with van der Waals surface area (Å²) in [5, 5.41) is 2.84. The third-order valence-electron chi connectivity index (χ3n) is 2.75. The third-order valence-corrected chi connectivity index (χ3v) is 5.05. The monoisotopic (exact) mass is 355 g/mol. The van der Waals surface area contributed by atoms with E-state index in [1.165, 1.54) is 12.4 Å². The summed E-state index contributed by atoms with van der Waals surface area (Å²) < 4.78 is 28.2. The number of nitrogens with zero attached hydrogens (tertiary/aromatic N) is 1. The molecule has 2 N–H and O–H groups in total. The van der Waals surface area contributed by atoms with E-state index < -0.39 is 10.0 Å². The summed E-state index contributed by atoms with van der Waals surface area (Å²) in [7, 11) is -2.01. The second-order valence-electron chi connectivity index (χ2n) is 4.19.